The Balaban J connectivity index is 2.46. The topological polar surface area (TPSA) is 87.2 Å². The molecule has 0 aliphatic carbocycles. The second kappa shape index (κ2) is 4.43. The number of primary sulfonamides is 1. The van der Waals surface area contributed by atoms with Gasteiger partial charge in [0, 0.05) is 6.07 Å². The zero-order chi connectivity index (χ0) is 13.3. The van der Waals surface area contributed by atoms with Gasteiger partial charge in [-0.2, -0.15) is 5.10 Å². The number of aryl methyl sites for hydroxylation is 1. The fraction of sp³-hybridized carbons (Fsp3) is 0.182. The smallest absolute Gasteiger partial charge is 0.238 e. The van der Waals surface area contributed by atoms with Crippen molar-refractivity contribution in [2.24, 2.45) is 5.14 Å². The summed E-state index contributed by atoms with van der Waals surface area (Å²) in [5.74, 6) is 0.579. The van der Waals surface area contributed by atoms with Gasteiger partial charge in [-0.3, -0.25) is 0 Å². The first-order chi connectivity index (χ1) is 8.41. The van der Waals surface area contributed by atoms with Gasteiger partial charge in [0.2, 0.25) is 15.9 Å². The van der Waals surface area contributed by atoms with Gasteiger partial charge in [0.1, 0.15) is 0 Å². The molecule has 2 N–H and O–H groups in total. The maximum absolute atomic E-state index is 11.1. The molecule has 0 bridgehead atoms. The Kier molecular flexibility index (Phi) is 3.10. The van der Waals surface area contributed by atoms with Gasteiger partial charge in [0.05, 0.1) is 23.4 Å². The summed E-state index contributed by atoms with van der Waals surface area (Å²) >= 11 is 0. The minimum Gasteiger partial charge on any atom is -0.481 e. The average Bonchev–Trinajstić information content (AvgIpc) is 2.69. The molecule has 1 aromatic carbocycles. The van der Waals surface area contributed by atoms with Crippen LogP contribution in [0.3, 0.4) is 0 Å². The number of hydrogen-bond donors (Lipinski definition) is 1. The van der Waals surface area contributed by atoms with Crippen LogP contribution in [0.2, 0.25) is 0 Å². The molecule has 0 aliphatic rings. The van der Waals surface area contributed by atoms with Gasteiger partial charge in [-0.25, -0.2) is 18.2 Å². The molecular formula is C11H13N3O3S. The van der Waals surface area contributed by atoms with E-state index in [1.807, 2.05) is 6.92 Å². The van der Waals surface area contributed by atoms with Gasteiger partial charge >= 0.3 is 0 Å². The zero-order valence-corrected chi connectivity index (χ0v) is 10.8. The number of benzene rings is 1. The van der Waals surface area contributed by atoms with E-state index in [1.54, 1.807) is 30.0 Å². The fourth-order valence-corrected chi connectivity index (χ4v) is 2.10. The van der Waals surface area contributed by atoms with Crippen LogP contribution in [0.15, 0.2) is 35.2 Å². The summed E-state index contributed by atoms with van der Waals surface area (Å²) in [5.41, 5.74) is 1.51. The Morgan fingerprint density at radius 1 is 1.28 bits per heavy atom. The Bertz CT molecular complexity index is 659. The van der Waals surface area contributed by atoms with Crippen molar-refractivity contribution >= 4 is 10.0 Å². The highest BCUT2D eigenvalue weighted by Gasteiger charge is 2.10. The molecule has 1 heterocycles. The highest BCUT2D eigenvalue weighted by atomic mass is 32.2. The van der Waals surface area contributed by atoms with Crippen LogP contribution >= 0.6 is 0 Å². The predicted octanol–water partition coefficient (Wildman–Crippen LogP) is 0.837. The van der Waals surface area contributed by atoms with Crippen molar-refractivity contribution in [3.63, 3.8) is 0 Å². The second-order valence-electron chi connectivity index (χ2n) is 3.78. The summed E-state index contributed by atoms with van der Waals surface area (Å²) in [6.45, 7) is 1.84. The van der Waals surface area contributed by atoms with E-state index in [1.165, 1.54) is 12.1 Å². The molecule has 7 heteroatoms. The highest BCUT2D eigenvalue weighted by molar-refractivity contribution is 7.89. The number of hydrogen-bond acceptors (Lipinski definition) is 4. The molecular weight excluding hydrogens is 254 g/mol. The number of aromatic nitrogens is 2. The maximum atomic E-state index is 11.1. The summed E-state index contributed by atoms with van der Waals surface area (Å²) in [5, 5.41) is 9.29. The lowest BCUT2D eigenvalue weighted by atomic mass is 10.3. The van der Waals surface area contributed by atoms with Gasteiger partial charge < -0.3 is 4.74 Å². The van der Waals surface area contributed by atoms with Crippen LogP contribution in [0.25, 0.3) is 5.69 Å². The summed E-state index contributed by atoms with van der Waals surface area (Å²) < 4.78 is 29.0. The SMILES string of the molecule is COc1cc(C)nn1-c1ccc(S(N)(=O)=O)cc1. The molecule has 0 radical (unpaired) electrons. The molecule has 2 aromatic rings. The van der Waals surface area contributed by atoms with Gasteiger partial charge in [0.15, 0.2) is 0 Å². The maximum Gasteiger partial charge on any atom is 0.238 e. The number of methoxy groups -OCH3 is 1. The first-order valence-electron chi connectivity index (χ1n) is 5.16. The zero-order valence-electron chi connectivity index (χ0n) is 9.99. The van der Waals surface area contributed by atoms with E-state index in [4.69, 9.17) is 9.88 Å². The van der Waals surface area contributed by atoms with E-state index in [-0.39, 0.29) is 4.90 Å². The van der Waals surface area contributed by atoms with Crippen molar-refractivity contribution in [3.05, 3.63) is 36.0 Å². The predicted molar refractivity (Wildman–Crippen MR) is 66.2 cm³/mol. The van der Waals surface area contributed by atoms with E-state index in [0.717, 1.165) is 5.69 Å². The van der Waals surface area contributed by atoms with E-state index < -0.39 is 10.0 Å². The van der Waals surface area contributed by atoms with Crippen molar-refractivity contribution in [1.29, 1.82) is 0 Å². The summed E-state index contributed by atoms with van der Waals surface area (Å²) in [6, 6.07) is 7.89. The molecule has 6 nitrogen and oxygen atoms in total. The van der Waals surface area contributed by atoms with Crippen LogP contribution in [0.4, 0.5) is 0 Å². The van der Waals surface area contributed by atoms with Crippen LogP contribution in [-0.2, 0) is 10.0 Å². The molecule has 1 aromatic heterocycles. The molecule has 0 unspecified atom stereocenters. The molecule has 0 atom stereocenters. The van der Waals surface area contributed by atoms with Crippen molar-refractivity contribution < 1.29 is 13.2 Å². The molecule has 0 saturated carbocycles. The number of nitrogens with zero attached hydrogens (tertiary/aromatic N) is 2. The standard InChI is InChI=1S/C11H13N3O3S/c1-8-7-11(17-2)14(13-8)9-3-5-10(6-4-9)18(12,15)16/h3-7H,1-2H3,(H2,12,15,16). The molecule has 0 saturated heterocycles. The van der Waals surface area contributed by atoms with Crippen molar-refractivity contribution in [1.82, 2.24) is 9.78 Å². The highest BCUT2D eigenvalue weighted by Crippen LogP contribution is 2.19. The normalized spacial score (nSPS) is 11.5. The van der Waals surface area contributed by atoms with Crippen molar-refractivity contribution in [3.8, 4) is 11.6 Å². The minimum atomic E-state index is -3.67. The van der Waals surface area contributed by atoms with E-state index in [2.05, 4.69) is 5.10 Å². The third-order valence-corrected chi connectivity index (χ3v) is 3.35. The Morgan fingerprint density at radius 2 is 1.89 bits per heavy atom. The van der Waals surface area contributed by atoms with Crippen LogP contribution in [-0.4, -0.2) is 25.3 Å². The second-order valence-corrected chi connectivity index (χ2v) is 5.34. The lowest BCUT2D eigenvalue weighted by Gasteiger charge is -2.06. The molecule has 18 heavy (non-hydrogen) atoms. The molecule has 0 spiro atoms. The third-order valence-electron chi connectivity index (χ3n) is 2.42. The summed E-state index contributed by atoms with van der Waals surface area (Å²) in [6.07, 6.45) is 0. The van der Waals surface area contributed by atoms with Gasteiger partial charge in [-0.05, 0) is 31.2 Å². The molecule has 0 amide bonds. The average molecular weight is 267 g/mol. The lowest BCUT2D eigenvalue weighted by Crippen LogP contribution is -2.12. The van der Waals surface area contributed by atoms with Crippen LogP contribution < -0.4 is 9.88 Å². The number of ether oxygens (including phenoxy) is 1. The molecule has 96 valence electrons. The van der Waals surface area contributed by atoms with Gasteiger partial charge in [0.25, 0.3) is 0 Å². The lowest BCUT2D eigenvalue weighted by molar-refractivity contribution is 0.383. The molecule has 2 rings (SSSR count). The van der Waals surface area contributed by atoms with Crippen molar-refractivity contribution in [2.75, 3.05) is 7.11 Å². The third kappa shape index (κ3) is 2.36. The quantitative estimate of drug-likeness (QED) is 0.892. The van der Waals surface area contributed by atoms with Gasteiger partial charge in [-0.15, -0.1) is 0 Å². The van der Waals surface area contributed by atoms with Crippen molar-refractivity contribution in [2.45, 2.75) is 11.8 Å². The van der Waals surface area contributed by atoms with E-state index in [0.29, 0.717) is 11.6 Å². The summed E-state index contributed by atoms with van der Waals surface area (Å²) in [7, 11) is -2.13. The first-order valence-corrected chi connectivity index (χ1v) is 6.70. The van der Waals surface area contributed by atoms with E-state index >= 15 is 0 Å². The number of nitrogens with two attached hydrogens (primary N) is 1. The van der Waals surface area contributed by atoms with Crippen LogP contribution in [0.5, 0.6) is 5.88 Å². The fourth-order valence-electron chi connectivity index (χ4n) is 1.58. The van der Waals surface area contributed by atoms with Crippen LogP contribution in [0, 0.1) is 6.92 Å². The number of rotatable bonds is 3. The van der Waals surface area contributed by atoms with Gasteiger partial charge in [-0.1, -0.05) is 0 Å². The monoisotopic (exact) mass is 267 g/mol. The number of sulfonamides is 1. The summed E-state index contributed by atoms with van der Waals surface area (Å²) in [4.78, 5) is 0.0640. The first kappa shape index (κ1) is 12.6. The Labute approximate surface area is 105 Å². The molecule has 0 aliphatic heterocycles. The van der Waals surface area contributed by atoms with Crippen LogP contribution in [0.1, 0.15) is 5.69 Å². The largest absolute Gasteiger partial charge is 0.481 e. The Hall–Kier alpha value is -1.86. The van der Waals surface area contributed by atoms with E-state index in [9.17, 15) is 8.42 Å². The minimum absolute atomic E-state index is 0.0640. The molecule has 0 fully saturated rings. The Morgan fingerprint density at radius 3 is 2.39 bits per heavy atom.